The fourth-order valence-corrected chi connectivity index (χ4v) is 2.34. The highest BCUT2D eigenvalue weighted by Crippen LogP contribution is 2.32. The van der Waals surface area contributed by atoms with E-state index in [4.69, 9.17) is 5.73 Å². The van der Waals surface area contributed by atoms with E-state index in [9.17, 15) is 4.79 Å². The lowest BCUT2D eigenvalue weighted by molar-refractivity contribution is -0.123. The monoisotopic (exact) mass is 257 g/mol. The Kier molecular flexibility index (Phi) is 2.64. The standard InChI is InChI=1S/C15H19N3O/c1-9-10(2)18-13-4-3-11(7-12(9)13)8-17-14(19)15(16)5-6-15/h3-4,7,18H,5-6,8,16H2,1-2H3,(H,17,19). The number of nitrogens with one attached hydrogen (secondary N) is 2. The molecule has 1 aromatic heterocycles. The van der Waals surface area contributed by atoms with Crippen LogP contribution in [-0.2, 0) is 11.3 Å². The van der Waals surface area contributed by atoms with Crippen molar-refractivity contribution in [3.05, 3.63) is 35.0 Å². The van der Waals surface area contributed by atoms with Crippen molar-refractivity contribution in [2.24, 2.45) is 5.73 Å². The molecule has 4 nitrogen and oxygen atoms in total. The van der Waals surface area contributed by atoms with E-state index >= 15 is 0 Å². The molecule has 1 heterocycles. The molecule has 1 saturated carbocycles. The Hall–Kier alpha value is -1.81. The van der Waals surface area contributed by atoms with Gasteiger partial charge in [0.05, 0.1) is 5.54 Å². The lowest BCUT2D eigenvalue weighted by atomic mass is 10.1. The molecule has 0 saturated heterocycles. The number of aromatic nitrogens is 1. The Balaban J connectivity index is 1.78. The van der Waals surface area contributed by atoms with Crippen LogP contribution in [0.1, 0.15) is 29.7 Å². The highest BCUT2D eigenvalue weighted by Gasteiger charge is 2.45. The number of amides is 1. The molecule has 2 aromatic rings. The Morgan fingerprint density at radius 1 is 1.42 bits per heavy atom. The summed E-state index contributed by atoms with van der Waals surface area (Å²) in [5, 5.41) is 4.14. The van der Waals surface area contributed by atoms with Crippen LogP contribution in [0, 0.1) is 13.8 Å². The van der Waals surface area contributed by atoms with Gasteiger partial charge in [-0.05, 0) is 49.9 Å². The van der Waals surface area contributed by atoms with Crippen LogP contribution in [0.5, 0.6) is 0 Å². The van der Waals surface area contributed by atoms with Crippen molar-refractivity contribution >= 4 is 16.8 Å². The van der Waals surface area contributed by atoms with Gasteiger partial charge in [0.15, 0.2) is 0 Å². The van der Waals surface area contributed by atoms with Crippen LogP contribution < -0.4 is 11.1 Å². The van der Waals surface area contributed by atoms with Crippen LogP contribution in [0.25, 0.3) is 10.9 Å². The number of carbonyl (C=O) groups excluding carboxylic acids is 1. The van der Waals surface area contributed by atoms with Crippen molar-refractivity contribution < 1.29 is 4.79 Å². The number of fused-ring (bicyclic) bond motifs is 1. The van der Waals surface area contributed by atoms with Crippen molar-refractivity contribution in [2.45, 2.75) is 38.8 Å². The maximum Gasteiger partial charge on any atom is 0.240 e. The number of H-pyrrole nitrogens is 1. The van der Waals surface area contributed by atoms with Crippen LogP contribution >= 0.6 is 0 Å². The van der Waals surface area contributed by atoms with E-state index in [2.05, 4.69) is 36.3 Å². The van der Waals surface area contributed by atoms with Crippen LogP contribution in [0.3, 0.4) is 0 Å². The van der Waals surface area contributed by atoms with Gasteiger partial charge in [-0.15, -0.1) is 0 Å². The molecule has 1 aliphatic carbocycles. The van der Waals surface area contributed by atoms with E-state index < -0.39 is 5.54 Å². The second-order valence-electron chi connectivity index (χ2n) is 5.59. The zero-order chi connectivity index (χ0) is 13.6. The number of benzene rings is 1. The van der Waals surface area contributed by atoms with E-state index in [1.54, 1.807) is 0 Å². The first-order valence-electron chi connectivity index (χ1n) is 6.65. The molecule has 1 fully saturated rings. The molecule has 0 bridgehead atoms. The molecule has 4 heteroatoms. The van der Waals surface area contributed by atoms with E-state index in [1.807, 2.05) is 6.07 Å². The molecule has 100 valence electrons. The molecular formula is C15H19N3O. The topological polar surface area (TPSA) is 70.9 Å². The van der Waals surface area contributed by atoms with Gasteiger partial charge in [-0.2, -0.15) is 0 Å². The second kappa shape index (κ2) is 4.10. The minimum Gasteiger partial charge on any atom is -0.358 e. The van der Waals surface area contributed by atoms with Crippen LogP contribution in [-0.4, -0.2) is 16.4 Å². The van der Waals surface area contributed by atoms with Gasteiger partial charge in [-0.3, -0.25) is 4.79 Å². The van der Waals surface area contributed by atoms with Crippen LogP contribution in [0.4, 0.5) is 0 Å². The molecule has 0 atom stereocenters. The predicted octanol–water partition coefficient (Wildman–Crippen LogP) is 1.89. The Morgan fingerprint density at radius 3 is 2.84 bits per heavy atom. The summed E-state index contributed by atoms with van der Waals surface area (Å²) >= 11 is 0. The molecule has 1 aromatic carbocycles. The third-order valence-corrected chi connectivity index (χ3v) is 4.07. The molecule has 19 heavy (non-hydrogen) atoms. The van der Waals surface area contributed by atoms with E-state index in [1.165, 1.54) is 16.6 Å². The third kappa shape index (κ3) is 2.12. The number of aryl methyl sites for hydroxylation is 2. The molecule has 0 unspecified atom stereocenters. The van der Waals surface area contributed by atoms with Crippen molar-refractivity contribution in [1.29, 1.82) is 0 Å². The summed E-state index contributed by atoms with van der Waals surface area (Å²) < 4.78 is 0. The second-order valence-corrected chi connectivity index (χ2v) is 5.59. The first kappa shape index (κ1) is 12.2. The number of rotatable bonds is 3. The highest BCUT2D eigenvalue weighted by atomic mass is 16.2. The molecule has 0 aliphatic heterocycles. The summed E-state index contributed by atoms with van der Waals surface area (Å²) in [6.07, 6.45) is 1.60. The Morgan fingerprint density at radius 2 is 2.16 bits per heavy atom. The average Bonchev–Trinajstić information content (AvgIpc) is 3.09. The number of nitrogens with two attached hydrogens (primary N) is 1. The van der Waals surface area contributed by atoms with Crippen LogP contribution in [0.2, 0.25) is 0 Å². The van der Waals surface area contributed by atoms with Gasteiger partial charge < -0.3 is 16.0 Å². The van der Waals surface area contributed by atoms with Gasteiger partial charge in [-0.1, -0.05) is 6.07 Å². The minimum absolute atomic E-state index is 0.0328. The fraction of sp³-hybridized carbons (Fsp3) is 0.400. The number of hydrogen-bond donors (Lipinski definition) is 3. The van der Waals surface area contributed by atoms with Crippen molar-refractivity contribution in [3.8, 4) is 0 Å². The quantitative estimate of drug-likeness (QED) is 0.785. The lowest BCUT2D eigenvalue weighted by Gasteiger charge is -2.10. The number of aromatic amines is 1. The van der Waals surface area contributed by atoms with E-state index in [0.717, 1.165) is 23.9 Å². The van der Waals surface area contributed by atoms with Crippen molar-refractivity contribution in [3.63, 3.8) is 0 Å². The normalized spacial score (nSPS) is 16.6. The molecule has 1 amide bonds. The summed E-state index contributed by atoms with van der Waals surface area (Å²) in [7, 11) is 0. The lowest BCUT2D eigenvalue weighted by Crippen LogP contribution is -2.42. The van der Waals surface area contributed by atoms with Crippen molar-refractivity contribution in [1.82, 2.24) is 10.3 Å². The molecule has 3 rings (SSSR count). The summed E-state index contributed by atoms with van der Waals surface area (Å²) in [6.45, 7) is 4.72. The molecule has 4 N–H and O–H groups in total. The van der Waals surface area contributed by atoms with Gasteiger partial charge in [0.1, 0.15) is 0 Å². The van der Waals surface area contributed by atoms with Gasteiger partial charge in [0, 0.05) is 23.1 Å². The Bertz CT molecular complexity index is 653. The molecule has 0 radical (unpaired) electrons. The maximum atomic E-state index is 11.8. The highest BCUT2D eigenvalue weighted by molar-refractivity contribution is 5.89. The summed E-state index contributed by atoms with van der Waals surface area (Å²) in [6, 6.07) is 6.23. The summed E-state index contributed by atoms with van der Waals surface area (Å²) in [5.74, 6) is -0.0328. The smallest absolute Gasteiger partial charge is 0.240 e. The number of carbonyl (C=O) groups is 1. The maximum absolute atomic E-state index is 11.8. The first-order valence-corrected chi connectivity index (χ1v) is 6.65. The third-order valence-electron chi connectivity index (χ3n) is 4.07. The van der Waals surface area contributed by atoms with Gasteiger partial charge in [0.2, 0.25) is 5.91 Å². The minimum atomic E-state index is -0.593. The summed E-state index contributed by atoms with van der Waals surface area (Å²) in [4.78, 5) is 15.1. The van der Waals surface area contributed by atoms with E-state index in [0.29, 0.717) is 6.54 Å². The van der Waals surface area contributed by atoms with Gasteiger partial charge in [-0.25, -0.2) is 0 Å². The van der Waals surface area contributed by atoms with Crippen molar-refractivity contribution in [2.75, 3.05) is 0 Å². The SMILES string of the molecule is Cc1[nH]c2ccc(CNC(=O)C3(N)CC3)cc2c1C. The average molecular weight is 257 g/mol. The Labute approximate surface area is 112 Å². The molecular weight excluding hydrogens is 238 g/mol. The zero-order valence-corrected chi connectivity index (χ0v) is 11.3. The van der Waals surface area contributed by atoms with E-state index in [-0.39, 0.29) is 5.91 Å². The zero-order valence-electron chi connectivity index (χ0n) is 11.3. The fourth-order valence-electron chi connectivity index (χ4n) is 2.34. The number of hydrogen-bond acceptors (Lipinski definition) is 2. The summed E-state index contributed by atoms with van der Waals surface area (Å²) in [5.41, 5.74) is 9.96. The van der Waals surface area contributed by atoms with Crippen LogP contribution in [0.15, 0.2) is 18.2 Å². The molecule has 0 spiro atoms. The largest absolute Gasteiger partial charge is 0.358 e. The van der Waals surface area contributed by atoms with Gasteiger partial charge >= 0.3 is 0 Å². The first-order chi connectivity index (χ1) is 8.99. The molecule has 1 aliphatic rings. The predicted molar refractivity (Wildman–Crippen MR) is 75.8 cm³/mol. The van der Waals surface area contributed by atoms with Gasteiger partial charge in [0.25, 0.3) is 0 Å².